The SMILES string of the molecule is COc1ccc(-c2c(-c3ccccc3)oc3ncnc(O[C@@H]4CCC[C@H](OCCC#N)C4)c23)cc1. The highest BCUT2D eigenvalue weighted by Crippen LogP contribution is 2.44. The topological polar surface area (TPSA) is 90.4 Å². The van der Waals surface area contributed by atoms with E-state index in [0.29, 0.717) is 24.6 Å². The molecule has 7 heteroatoms. The molecule has 0 unspecified atom stereocenters. The molecule has 1 fully saturated rings. The highest BCUT2D eigenvalue weighted by atomic mass is 16.5. The molecule has 2 heterocycles. The van der Waals surface area contributed by atoms with Gasteiger partial charge in [-0.05, 0) is 37.0 Å². The minimum Gasteiger partial charge on any atom is -0.497 e. The molecule has 0 amide bonds. The summed E-state index contributed by atoms with van der Waals surface area (Å²) in [5.41, 5.74) is 3.29. The first-order valence-electron chi connectivity index (χ1n) is 11.9. The summed E-state index contributed by atoms with van der Waals surface area (Å²) in [6, 6.07) is 20.0. The summed E-state index contributed by atoms with van der Waals surface area (Å²) in [5.74, 6) is 2.01. The molecule has 1 saturated carbocycles. The van der Waals surface area contributed by atoms with Crippen LogP contribution in [0, 0.1) is 11.3 Å². The molecule has 0 aliphatic heterocycles. The van der Waals surface area contributed by atoms with Gasteiger partial charge in [-0.1, -0.05) is 42.5 Å². The smallest absolute Gasteiger partial charge is 0.234 e. The van der Waals surface area contributed by atoms with Crippen molar-refractivity contribution < 1.29 is 18.6 Å². The van der Waals surface area contributed by atoms with Gasteiger partial charge < -0.3 is 18.6 Å². The predicted octanol–water partition coefficient (Wildman–Crippen LogP) is 6.19. The van der Waals surface area contributed by atoms with Gasteiger partial charge >= 0.3 is 0 Å². The lowest BCUT2D eigenvalue weighted by Gasteiger charge is -2.29. The van der Waals surface area contributed by atoms with Crippen LogP contribution in [0.15, 0.2) is 65.3 Å². The largest absolute Gasteiger partial charge is 0.497 e. The standard InChI is InChI=1S/C28H27N3O4/c1-32-21-13-11-19(12-14-21)24-25-27(34-23-10-5-9-22(17-23)33-16-6-15-29)30-18-31-28(25)35-26(24)20-7-3-2-4-8-20/h2-4,7-8,11-14,18,22-23H,5-6,9-10,16-17H2,1H3/t22-,23+/m0/s1. The number of hydrogen-bond donors (Lipinski definition) is 0. The minimum absolute atomic E-state index is 0.0345. The molecule has 178 valence electrons. The zero-order valence-electron chi connectivity index (χ0n) is 19.6. The van der Waals surface area contributed by atoms with E-state index < -0.39 is 0 Å². The molecular weight excluding hydrogens is 442 g/mol. The summed E-state index contributed by atoms with van der Waals surface area (Å²) in [7, 11) is 1.65. The summed E-state index contributed by atoms with van der Waals surface area (Å²) < 4.78 is 24.0. The third kappa shape index (κ3) is 4.98. The van der Waals surface area contributed by atoms with Gasteiger partial charge in [-0.3, -0.25) is 0 Å². The maximum absolute atomic E-state index is 8.79. The van der Waals surface area contributed by atoms with Crippen LogP contribution in [-0.2, 0) is 4.74 Å². The van der Waals surface area contributed by atoms with Crippen LogP contribution in [0.3, 0.4) is 0 Å². The van der Waals surface area contributed by atoms with Crippen LogP contribution < -0.4 is 9.47 Å². The molecule has 0 radical (unpaired) electrons. The van der Waals surface area contributed by atoms with Crippen molar-refractivity contribution in [3.63, 3.8) is 0 Å². The molecule has 0 spiro atoms. The Morgan fingerprint density at radius 2 is 1.80 bits per heavy atom. The van der Waals surface area contributed by atoms with E-state index >= 15 is 0 Å². The molecule has 1 aliphatic rings. The number of ether oxygens (including phenoxy) is 3. The van der Waals surface area contributed by atoms with Crippen LogP contribution in [0.2, 0.25) is 0 Å². The lowest BCUT2D eigenvalue weighted by Crippen LogP contribution is -2.30. The van der Waals surface area contributed by atoms with E-state index in [1.165, 1.54) is 6.33 Å². The van der Waals surface area contributed by atoms with E-state index in [2.05, 4.69) is 16.0 Å². The molecule has 4 aromatic rings. The summed E-state index contributed by atoms with van der Waals surface area (Å²) in [4.78, 5) is 8.95. The molecular formula is C28H27N3O4. The van der Waals surface area contributed by atoms with Gasteiger partial charge in [-0.25, -0.2) is 9.97 Å². The molecule has 0 bridgehead atoms. The molecule has 2 aromatic heterocycles. The van der Waals surface area contributed by atoms with E-state index in [0.717, 1.165) is 59.3 Å². The number of furan rings is 1. The molecule has 5 rings (SSSR count). The lowest BCUT2D eigenvalue weighted by molar-refractivity contribution is -0.00566. The average Bonchev–Trinajstić information content (AvgIpc) is 3.30. The number of nitriles is 1. The Morgan fingerprint density at radius 3 is 2.57 bits per heavy atom. The third-order valence-electron chi connectivity index (χ3n) is 6.29. The summed E-state index contributed by atoms with van der Waals surface area (Å²) in [6.07, 6.45) is 5.60. The van der Waals surface area contributed by atoms with E-state index in [-0.39, 0.29) is 12.2 Å². The summed E-state index contributed by atoms with van der Waals surface area (Å²) >= 11 is 0. The van der Waals surface area contributed by atoms with Gasteiger partial charge in [-0.15, -0.1) is 0 Å². The van der Waals surface area contributed by atoms with E-state index in [9.17, 15) is 0 Å². The number of benzene rings is 2. The van der Waals surface area contributed by atoms with Gasteiger partial charge in [0.1, 0.15) is 29.3 Å². The molecule has 2 aromatic carbocycles. The first-order valence-corrected chi connectivity index (χ1v) is 11.9. The molecule has 2 atom stereocenters. The van der Waals surface area contributed by atoms with Gasteiger partial charge in [0.15, 0.2) is 0 Å². The second kappa shape index (κ2) is 10.6. The number of nitrogens with zero attached hydrogens (tertiary/aromatic N) is 3. The van der Waals surface area contributed by atoms with Crippen molar-refractivity contribution >= 4 is 11.1 Å². The maximum Gasteiger partial charge on any atom is 0.234 e. The molecule has 0 saturated heterocycles. The van der Waals surface area contributed by atoms with E-state index in [1.807, 2.05) is 54.6 Å². The van der Waals surface area contributed by atoms with Gasteiger partial charge in [0.05, 0.1) is 32.3 Å². The van der Waals surface area contributed by atoms with Crippen molar-refractivity contribution in [3.05, 3.63) is 60.9 Å². The Bertz CT molecular complexity index is 1310. The Kier molecular flexibility index (Phi) is 6.92. The van der Waals surface area contributed by atoms with Crippen LogP contribution in [-0.4, -0.2) is 35.9 Å². The second-order valence-electron chi connectivity index (χ2n) is 8.57. The first kappa shape index (κ1) is 22.9. The summed E-state index contributed by atoms with van der Waals surface area (Å²) in [6.45, 7) is 0.454. The van der Waals surface area contributed by atoms with Gasteiger partial charge in [-0.2, -0.15) is 5.26 Å². The predicted molar refractivity (Wildman–Crippen MR) is 132 cm³/mol. The van der Waals surface area contributed by atoms with Crippen molar-refractivity contribution in [2.45, 2.75) is 44.3 Å². The lowest BCUT2D eigenvalue weighted by atomic mass is 9.94. The number of hydrogen-bond acceptors (Lipinski definition) is 7. The highest BCUT2D eigenvalue weighted by molar-refractivity contribution is 6.03. The van der Waals surface area contributed by atoms with Crippen LogP contribution in [0.1, 0.15) is 32.1 Å². The highest BCUT2D eigenvalue weighted by Gasteiger charge is 2.28. The zero-order valence-corrected chi connectivity index (χ0v) is 19.6. The molecule has 7 nitrogen and oxygen atoms in total. The fourth-order valence-electron chi connectivity index (χ4n) is 4.61. The van der Waals surface area contributed by atoms with Crippen molar-refractivity contribution in [3.8, 4) is 40.1 Å². The first-order chi connectivity index (χ1) is 17.3. The van der Waals surface area contributed by atoms with Crippen molar-refractivity contribution in [1.29, 1.82) is 5.26 Å². The van der Waals surface area contributed by atoms with Crippen molar-refractivity contribution in [2.75, 3.05) is 13.7 Å². The Morgan fingerprint density at radius 1 is 1.00 bits per heavy atom. The zero-order chi connectivity index (χ0) is 24.0. The molecule has 1 aliphatic carbocycles. The number of rotatable bonds is 8. The second-order valence-corrected chi connectivity index (χ2v) is 8.57. The van der Waals surface area contributed by atoms with Gasteiger partial charge in [0.25, 0.3) is 0 Å². The van der Waals surface area contributed by atoms with Crippen LogP contribution in [0.25, 0.3) is 33.6 Å². The van der Waals surface area contributed by atoms with Crippen molar-refractivity contribution in [2.24, 2.45) is 0 Å². The fourth-order valence-corrected chi connectivity index (χ4v) is 4.61. The summed E-state index contributed by atoms with van der Waals surface area (Å²) in [5, 5.41) is 9.55. The molecule has 35 heavy (non-hydrogen) atoms. The van der Waals surface area contributed by atoms with Crippen LogP contribution in [0.4, 0.5) is 0 Å². The van der Waals surface area contributed by atoms with Crippen LogP contribution >= 0.6 is 0 Å². The maximum atomic E-state index is 8.79. The van der Waals surface area contributed by atoms with Gasteiger partial charge in [0.2, 0.25) is 11.6 Å². The Balaban J connectivity index is 1.54. The minimum atomic E-state index is -0.0345. The quantitative estimate of drug-likeness (QED) is 0.284. The van der Waals surface area contributed by atoms with E-state index in [4.69, 9.17) is 23.9 Å². The van der Waals surface area contributed by atoms with Gasteiger partial charge in [0, 0.05) is 17.5 Å². The van der Waals surface area contributed by atoms with E-state index in [1.54, 1.807) is 7.11 Å². The number of aromatic nitrogens is 2. The number of methoxy groups -OCH3 is 1. The Hall–Kier alpha value is -3.89. The average molecular weight is 470 g/mol. The van der Waals surface area contributed by atoms with Crippen LogP contribution in [0.5, 0.6) is 11.6 Å². The third-order valence-corrected chi connectivity index (χ3v) is 6.29. The fraction of sp³-hybridized carbons (Fsp3) is 0.321. The number of fused-ring (bicyclic) bond motifs is 1. The molecule has 0 N–H and O–H groups in total. The normalized spacial score (nSPS) is 17.7. The monoisotopic (exact) mass is 469 g/mol. The Labute approximate surface area is 204 Å². The van der Waals surface area contributed by atoms with Crippen molar-refractivity contribution in [1.82, 2.24) is 9.97 Å².